The smallest absolute Gasteiger partial charge is 0.191 e. The van der Waals surface area contributed by atoms with Crippen molar-refractivity contribution in [3.63, 3.8) is 0 Å². The Bertz CT molecular complexity index is 360. The fourth-order valence-corrected chi connectivity index (χ4v) is 3.92. The summed E-state index contributed by atoms with van der Waals surface area (Å²) in [6.45, 7) is 7.45. The summed E-state index contributed by atoms with van der Waals surface area (Å²) in [6.07, 6.45) is 6.42. The standard InChI is InChI=1S/C14H25N3O/c1-13(2)5-6-14(9-13)10-16-12(15)17(14)8-11-4-3-7-18-11/h11H,3-10H2,1-2H3,(H2,15,16). The van der Waals surface area contributed by atoms with E-state index in [2.05, 4.69) is 23.7 Å². The number of nitrogens with zero attached hydrogens (tertiary/aromatic N) is 2. The lowest BCUT2D eigenvalue weighted by atomic mass is 9.87. The molecular formula is C14H25N3O. The van der Waals surface area contributed by atoms with Crippen molar-refractivity contribution in [2.45, 2.75) is 57.6 Å². The molecule has 3 aliphatic rings. The number of hydrogen-bond donors (Lipinski definition) is 1. The number of aliphatic imine (C=N–C) groups is 1. The number of nitrogens with two attached hydrogens (primary N) is 1. The van der Waals surface area contributed by atoms with Crippen molar-refractivity contribution in [1.29, 1.82) is 0 Å². The maximum absolute atomic E-state index is 6.12. The third-order valence-electron chi connectivity index (χ3n) is 4.87. The quantitative estimate of drug-likeness (QED) is 0.813. The second-order valence-corrected chi connectivity index (χ2v) is 6.99. The normalized spacial score (nSPS) is 38.7. The van der Waals surface area contributed by atoms with Gasteiger partial charge < -0.3 is 15.4 Å². The molecule has 0 aromatic carbocycles. The predicted molar refractivity (Wildman–Crippen MR) is 72.5 cm³/mol. The SMILES string of the molecule is CC1(C)CCC2(CN=C(N)N2CC2CCCO2)C1. The Hall–Kier alpha value is -0.770. The Morgan fingerprint density at radius 2 is 2.28 bits per heavy atom. The molecule has 2 heterocycles. The van der Waals surface area contributed by atoms with Crippen molar-refractivity contribution in [2.75, 3.05) is 19.7 Å². The van der Waals surface area contributed by atoms with Crippen LogP contribution in [0.2, 0.25) is 0 Å². The Labute approximate surface area is 110 Å². The molecule has 1 saturated heterocycles. The van der Waals surface area contributed by atoms with Crippen LogP contribution in [0.3, 0.4) is 0 Å². The highest BCUT2D eigenvalue weighted by molar-refractivity contribution is 5.81. The van der Waals surface area contributed by atoms with E-state index in [1.807, 2.05) is 0 Å². The van der Waals surface area contributed by atoms with Gasteiger partial charge in [-0.3, -0.25) is 4.99 Å². The Kier molecular flexibility index (Phi) is 2.81. The second-order valence-electron chi connectivity index (χ2n) is 6.99. The first-order valence-electron chi connectivity index (χ1n) is 7.20. The fourth-order valence-electron chi connectivity index (χ4n) is 3.92. The molecule has 2 aliphatic heterocycles. The average molecular weight is 251 g/mol. The number of guanidine groups is 1. The van der Waals surface area contributed by atoms with E-state index < -0.39 is 0 Å². The topological polar surface area (TPSA) is 50.8 Å². The first-order valence-corrected chi connectivity index (χ1v) is 7.20. The molecule has 0 radical (unpaired) electrons. The number of hydrogen-bond acceptors (Lipinski definition) is 4. The lowest BCUT2D eigenvalue weighted by Gasteiger charge is -2.38. The monoisotopic (exact) mass is 251 g/mol. The minimum Gasteiger partial charge on any atom is -0.376 e. The highest BCUT2D eigenvalue weighted by Crippen LogP contribution is 2.48. The zero-order chi connectivity index (χ0) is 12.8. The zero-order valence-electron chi connectivity index (χ0n) is 11.6. The van der Waals surface area contributed by atoms with Crippen molar-refractivity contribution in [1.82, 2.24) is 4.90 Å². The fraction of sp³-hybridized carbons (Fsp3) is 0.929. The first kappa shape index (κ1) is 12.3. The molecule has 2 N–H and O–H groups in total. The molecule has 0 bridgehead atoms. The van der Waals surface area contributed by atoms with E-state index in [1.54, 1.807) is 0 Å². The molecule has 3 rings (SSSR count). The van der Waals surface area contributed by atoms with Gasteiger partial charge in [-0.05, 0) is 37.5 Å². The summed E-state index contributed by atoms with van der Waals surface area (Å²) < 4.78 is 5.77. The summed E-state index contributed by atoms with van der Waals surface area (Å²) >= 11 is 0. The molecule has 2 fully saturated rings. The second kappa shape index (κ2) is 4.12. The van der Waals surface area contributed by atoms with Crippen molar-refractivity contribution >= 4 is 5.96 Å². The summed E-state index contributed by atoms with van der Waals surface area (Å²) in [5.41, 5.74) is 6.74. The van der Waals surface area contributed by atoms with E-state index in [0.717, 1.165) is 25.7 Å². The molecule has 1 spiro atoms. The summed E-state index contributed by atoms with van der Waals surface area (Å²) in [6, 6.07) is 0. The Morgan fingerprint density at radius 3 is 2.89 bits per heavy atom. The van der Waals surface area contributed by atoms with Crippen molar-refractivity contribution < 1.29 is 4.74 Å². The maximum atomic E-state index is 6.12. The summed E-state index contributed by atoms with van der Waals surface area (Å²) in [5, 5.41) is 0. The van der Waals surface area contributed by atoms with Gasteiger partial charge >= 0.3 is 0 Å². The molecule has 4 heteroatoms. The lowest BCUT2D eigenvalue weighted by molar-refractivity contribution is 0.0641. The average Bonchev–Trinajstić information content (AvgIpc) is 2.97. The number of rotatable bonds is 2. The first-order chi connectivity index (χ1) is 8.51. The van der Waals surface area contributed by atoms with Crippen LogP contribution in [-0.4, -0.2) is 42.2 Å². The van der Waals surface area contributed by atoms with Crippen molar-refractivity contribution in [2.24, 2.45) is 16.1 Å². The van der Waals surface area contributed by atoms with Gasteiger partial charge in [0.15, 0.2) is 5.96 Å². The molecule has 18 heavy (non-hydrogen) atoms. The van der Waals surface area contributed by atoms with Crippen LogP contribution in [0.5, 0.6) is 0 Å². The van der Waals surface area contributed by atoms with Gasteiger partial charge in [0.2, 0.25) is 0 Å². The molecule has 2 unspecified atom stereocenters. The van der Waals surface area contributed by atoms with Crippen LogP contribution in [0.1, 0.15) is 46.0 Å². The highest BCUT2D eigenvalue weighted by Gasteiger charge is 2.50. The minimum atomic E-state index is 0.194. The van der Waals surface area contributed by atoms with Gasteiger partial charge in [-0.1, -0.05) is 13.8 Å². The number of ether oxygens (including phenoxy) is 1. The van der Waals surface area contributed by atoms with E-state index in [4.69, 9.17) is 10.5 Å². The molecule has 0 aromatic heterocycles. The van der Waals surface area contributed by atoms with Gasteiger partial charge in [-0.25, -0.2) is 0 Å². The van der Waals surface area contributed by atoms with Crippen LogP contribution in [-0.2, 0) is 4.74 Å². The van der Waals surface area contributed by atoms with Crippen molar-refractivity contribution in [3.05, 3.63) is 0 Å². The van der Waals surface area contributed by atoms with E-state index in [-0.39, 0.29) is 5.54 Å². The van der Waals surface area contributed by atoms with Gasteiger partial charge in [0, 0.05) is 13.2 Å². The third-order valence-corrected chi connectivity index (χ3v) is 4.87. The van der Waals surface area contributed by atoms with Gasteiger partial charge in [0.25, 0.3) is 0 Å². The molecule has 0 aromatic rings. The van der Waals surface area contributed by atoms with E-state index >= 15 is 0 Å². The molecule has 102 valence electrons. The summed E-state index contributed by atoms with van der Waals surface area (Å²) in [4.78, 5) is 6.88. The molecule has 4 nitrogen and oxygen atoms in total. The minimum absolute atomic E-state index is 0.194. The van der Waals surface area contributed by atoms with Gasteiger partial charge in [0.05, 0.1) is 18.2 Å². The largest absolute Gasteiger partial charge is 0.376 e. The predicted octanol–water partition coefficient (Wildman–Crippen LogP) is 1.74. The Balaban J connectivity index is 1.74. The molecule has 2 atom stereocenters. The molecule has 1 saturated carbocycles. The van der Waals surface area contributed by atoms with Gasteiger partial charge in [0.1, 0.15) is 0 Å². The van der Waals surface area contributed by atoms with Gasteiger partial charge in [-0.2, -0.15) is 0 Å². The van der Waals surface area contributed by atoms with Crippen LogP contribution in [0.15, 0.2) is 4.99 Å². The van der Waals surface area contributed by atoms with Crippen LogP contribution in [0, 0.1) is 5.41 Å². The molecular weight excluding hydrogens is 226 g/mol. The lowest BCUT2D eigenvalue weighted by Crippen LogP contribution is -2.53. The Morgan fingerprint density at radius 1 is 1.44 bits per heavy atom. The maximum Gasteiger partial charge on any atom is 0.191 e. The van der Waals surface area contributed by atoms with E-state index in [9.17, 15) is 0 Å². The van der Waals surface area contributed by atoms with Crippen molar-refractivity contribution in [3.8, 4) is 0 Å². The van der Waals surface area contributed by atoms with Crippen LogP contribution in [0.25, 0.3) is 0 Å². The highest BCUT2D eigenvalue weighted by atomic mass is 16.5. The summed E-state index contributed by atoms with van der Waals surface area (Å²) in [5.74, 6) is 0.739. The van der Waals surface area contributed by atoms with Crippen LogP contribution >= 0.6 is 0 Å². The van der Waals surface area contributed by atoms with Crippen LogP contribution in [0.4, 0.5) is 0 Å². The summed E-state index contributed by atoms with van der Waals surface area (Å²) in [7, 11) is 0. The van der Waals surface area contributed by atoms with Gasteiger partial charge in [-0.15, -0.1) is 0 Å². The molecule has 0 amide bonds. The van der Waals surface area contributed by atoms with E-state index in [1.165, 1.54) is 32.1 Å². The third kappa shape index (κ3) is 2.00. The molecule has 1 aliphatic carbocycles. The van der Waals surface area contributed by atoms with E-state index in [0.29, 0.717) is 11.5 Å². The van der Waals surface area contributed by atoms with Crippen LogP contribution < -0.4 is 5.73 Å². The zero-order valence-corrected chi connectivity index (χ0v) is 11.6.